The van der Waals surface area contributed by atoms with E-state index in [4.69, 9.17) is 6.42 Å². The molecule has 2 aliphatic rings. The second-order valence-corrected chi connectivity index (χ2v) is 6.09. The van der Waals surface area contributed by atoms with Crippen LogP contribution in [0.15, 0.2) is 0 Å². The van der Waals surface area contributed by atoms with Crippen LogP contribution in [0.2, 0.25) is 0 Å². The predicted octanol–water partition coefficient (Wildman–Crippen LogP) is 2.69. The Kier molecular flexibility index (Phi) is 5.53. The van der Waals surface area contributed by atoms with E-state index >= 15 is 0 Å². The predicted molar refractivity (Wildman–Crippen MR) is 77.4 cm³/mol. The Morgan fingerprint density at radius 2 is 2.00 bits per heavy atom. The highest BCUT2D eigenvalue weighted by molar-refractivity contribution is 4.94. The normalized spacial score (nSPS) is 34.8. The zero-order chi connectivity index (χ0) is 12.8. The molecule has 1 saturated heterocycles. The van der Waals surface area contributed by atoms with Crippen LogP contribution in [-0.4, -0.2) is 24.7 Å². The van der Waals surface area contributed by atoms with Crippen LogP contribution in [0.4, 0.5) is 0 Å². The van der Waals surface area contributed by atoms with Gasteiger partial charge < -0.3 is 10.6 Å². The van der Waals surface area contributed by atoms with Crippen LogP contribution in [0.1, 0.15) is 58.3 Å². The molecule has 1 aliphatic heterocycles. The van der Waals surface area contributed by atoms with Crippen molar-refractivity contribution in [3.8, 4) is 12.3 Å². The molecule has 2 fully saturated rings. The van der Waals surface area contributed by atoms with Crippen molar-refractivity contribution in [2.75, 3.05) is 6.54 Å². The molecule has 4 unspecified atom stereocenters. The lowest BCUT2D eigenvalue weighted by molar-refractivity contribution is 0.174. The molecule has 2 nitrogen and oxygen atoms in total. The van der Waals surface area contributed by atoms with E-state index in [1.807, 2.05) is 0 Å². The molecular weight excluding hydrogens is 220 g/mol. The van der Waals surface area contributed by atoms with Crippen LogP contribution in [0.3, 0.4) is 0 Å². The lowest BCUT2D eigenvalue weighted by atomic mass is 9.77. The molecule has 1 aliphatic carbocycles. The Morgan fingerprint density at radius 1 is 1.22 bits per heavy atom. The maximum absolute atomic E-state index is 5.41. The molecule has 1 heterocycles. The van der Waals surface area contributed by atoms with Gasteiger partial charge in [0, 0.05) is 24.5 Å². The third-order valence-corrected chi connectivity index (χ3v) is 4.61. The lowest BCUT2D eigenvalue weighted by Crippen LogP contribution is -2.52. The van der Waals surface area contributed by atoms with Gasteiger partial charge in [-0.25, -0.2) is 0 Å². The van der Waals surface area contributed by atoms with Crippen LogP contribution >= 0.6 is 0 Å². The molecule has 1 saturated carbocycles. The number of nitrogens with one attached hydrogen (secondary N) is 2. The van der Waals surface area contributed by atoms with Gasteiger partial charge in [-0.05, 0) is 45.1 Å². The standard InChI is InChI=1S/C16H28N2/c1-3-8-13(2)18-16-11-5-4-9-14(16)15-10-6-7-12-17-15/h1,13-18H,4-12H2,2H3. The van der Waals surface area contributed by atoms with E-state index in [1.165, 1.54) is 51.5 Å². The molecule has 2 N–H and O–H groups in total. The van der Waals surface area contributed by atoms with Gasteiger partial charge >= 0.3 is 0 Å². The van der Waals surface area contributed by atoms with Gasteiger partial charge in [-0.2, -0.15) is 0 Å². The molecule has 0 aromatic heterocycles. The zero-order valence-electron chi connectivity index (χ0n) is 11.8. The van der Waals surface area contributed by atoms with Gasteiger partial charge in [-0.3, -0.25) is 0 Å². The van der Waals surface area contributed by atoms with Crippen molar-refractivity contribution in [2.45, 2.75) is 76.4 Å². The average molecular weight is 248 g/mol. The minimum Gasteiger partial charge on any atom is -0.314 e. The first-order valence-electron chi connectivity index (χ1n) is 7.74. The van der Waals surface area contributed by atoms with E-state index in [0.29, 0.717) is 12.1 Å². The molecule has 4 atom stereocenters. The molecular formula is C16H28N2. The summed E-state index contributed by atoms with van der Waals surface area (Å²) in [6, 6.07) is 1.89. The minimum atomic E-state index is 0.462. The maximum atomic E-state index is 5.41. The fourth-order valence-electron chi connectivity index (χ4n) is 3.69. The molecule has 102 valence electrons. The first-order chi connectivity index (χ1) is 8.81. The zero-order valence-corrected chi connectivity index (χ0v) is 11.8. The quantitative estimate of drug-likeness (QED) is 0.748. The van der Waals surface area contributed by atoms with Crippen molar-refractivity contribution in [3.05, 3.63) is 0 Å². The highest BCUT2D eigenvalue weighted by Crippen LogP contribution is 2.30. The second kappa shape index (κ2) is 7.16. The van der Waals surface area contributed by atoms with Gasteiger partial charge in [0.05, 0.1) is 0 Å². The summed E-state index contributed by atoms with van der Waals surface area (Å²) in [6.45, 7) is 3.44. The molecule has 0 aromatic rings. The Hall–Kier alpha value is -0.520. The van der Waals surface area contributed by atoms with Crippen molar-refractivity contribution in [2.24, 2.45) is 5.92 Å². The molecule has 0 radical (unpaired) electrons. The summed E-state index contributed by atoms with van der Waals surface area (Å²) in [4.78, 5) is 0. The van der Waals surface area contributed by atoms with Crippen molar-refractivity contribution < 1.29 is 0 Å². The molecule has 0 amide bonds. The molecule has 0 bridgehead atoms. The number of hydrogen-bond donors (Lipinski definition) is 2. The smallest absolute Gasteiger partial charge is 0.0238 e. The molecule has 0 spiro atoms. The van der Waals surface area contributed by atoms with E-state index < -0.39 is 0 Å². The number of rotatable bonds is 4. The summed E-state index contributed by atoms with van der Waals surface area (Å²) in [6.07, 6.45) is 15.9. The first kappa shape index (κ1) is 13.9. The largest absolute Gasteiger partial charge is 0.314 e. The van der Waals surface area contributed by atoms with Crippen LogP contribution in [-0.2, 0) is 0 Å². The summed E-state index contributed by atoms with van der Waals surface area (Å²) in [7, 11) is 0. The van der Waals surface area contributed by atoms with E-state index in [-0.39, 0.29) is 0 Å². The molecule has 0 aromatic carbocycles. The van der Waals surface area contributed by atoms with Crippen LogP contribution in [0.5, 0.6) is 0 Å². The number of hydrogen-bond acceptors (Lipinski definition) is 2. The van der Waals surface area contributed by atoms with E-state index in [0.717, 1.165) is 18.4 Å². The van der Waals surface area contributed by atoms with Crippen molar-refractivity contribution in [1.29, 1.82) is 0 Å². The fourth-order valence-corrected chi connectivity index (χ4v) is 3.69. The number of terminal acetylenes is 1. The van der Waals surface area contributed by atoms with Gasteiger partial charge in [0.25, 0.3) is 0 Å². The van der Waals surface area contributed by atoms with Gasteiger partial charge in [0.1, 0.15) is 0 Å². The molecule has 2 heteroatoms. The van der Waals surface area contributed by atoms with Crippen LogP contribution < -0.4 is 10.6 Å². The number of piperidine rings is 1. The fraction of sp³-hybridized carbons (Fsp3) is 0.875. The molecule has 2 rings (SSSR count). The highest BCUT2D eigenvalue weighted by Gasteiger charge is 2.32. The van der Waals surface area contributed by atoms with E-state index in [2.05, 4.69) is 23.5 Å². The Morgan fingerprint density at radius 3 is 2.72 bits per heavy atom. The van der Waals surface area contributed by atoms with E-state index in [1.54, 1.807) is 0 Å². The highest BCUT2D eigenvalue weighted by atomic mass is 15.0. The summed E-state index contributed by atoms with van der Waals surface area (Å²) in [5, 5.41) is 7.53. The van der Waals surface area contributed by atoms with E-state index in [9.17, 15) is 0 Å². The maximum Gasteiger partial charge on any atom is 0.0238 e. The SMILES string of the molecule is C#CCC(C)NC1CCCCC1C1CCCCN1. The van der Waals surface area contributed by atoms with Crippen molar-refractivity contribution in [1.82, 2.24) is 10.6 Å². The summed E-state index contributed by atoms with van der Waals surface area (Å²) in [5.74, 6) is 3.59. The third-order valence-electron chi connectivity index (χ3n) is 4.61. The van der Waals surface area contributed by atoms with Crippen molar-refractivity contribution in [3.63, 3.8) is 0 Å². The van der Waals surface area contributed by atoms with Crippen LogP contribution in [0, 0.1) is 18.3 Å². The van der Waals surface area contributed by atoms with Gasteiger partial charge in [-0.15, -0.1) is 12.3 Å². The minimum absolute atomic E-state index is 0.462. The average Bonchev–Trinajstić information content (AvgIpc) is 2.40. The van der Waals surface area contributed by atoms with Gasteiger partial charge in [0.15, 0.2) is 0 Å². The second-order valence-electron chi connectivity index (χ2n) is 6.09. The van der Waals surface area contributed by atoms with Crippen molar-refractivity contribution >= 4 is 0 Å². The summed E-state index contributed by atoms with van der Waals surface area (Å²) >= 11 is 0. The lowest BCUT2D eigenvalue weighted by Gasteiger charge is -2.41. The van der Waals surface area contributed by atoms with Gasteiger partial charge in [-0.1, -0.05) is 19.3 Å². The third kappa shape index (κ3) is 3.73. The Bertz CT molecular complexity index is 275. The Labute approximate surface area is 112 Å². The van der Waals surface area contributed by atoms with Gasteiger partial charge in [0.2, 0.25) is 0 Å². The summed E-state index contributed by atoms with van der Waals surface area (Å²) < 4.78 is 0. The monoisotopic (exact) mass is 248 g/mol. The molecule has 18 heavy (non-hydrogen) atoms. The summed E-state index contributed by atoms with van der Waals surface area (Å²) in [5.41, 5.74) is 0. The Balaban J connectivity index is 1.90. The first-order valence-corrected chi connectivity index (χ1v) is 7.74. The topological polar surface area (TPSA) is 24.1 Å². The van der Waals surface area contributed by atoms with Crippen LogP contribution in [0.25, 0.3) is 0 Å².